The average Bonchev–Trinajstić information content (AvgIpc) is 3.13. The van der Waals surface area contributed by atoms with Gasteiger partial charge in [-0.25, -0.2) is 0 Å². The van der Waals surface area contributed by atoms with Crippen molar-refractivity contribution in [3.8, 4) is 0 Å². The summed E-state index contributed by atoms with van der Waals surface area (Å²) in [5, 5.41) is 105. The van der Waals surface area contributed by atoms with Crippen LogP contribution in [0.1, 0.15) is 210 Å². The molecule has 0 aromatic heterocycles. The van der Waals surface area contributed by atoms with Crippen molar-refractivity contribution < 1.29 is 60.5 Å². The summed E-state index contributed by atoms with van der Waals surface area (Å²) in [6.07, 6.45) is 14.6. The molecular formula is C51H96O12. The van der Waals surface area contributed by atoms with Gasteiger partial charge in [-0.15, -0.1) is 0 Å². The van der Waals surface area contributed by atoms with Gasteiger partial charge in [-0.05, 0) is 210 Å². The van der Waals surface area contributed by atoms with Gasteiger partial charge in [0.1, 0.15) is 24.4 Å². The predicted molar refractivity (Wildman–Crippen MR) is 252 cm³/mol. The van der Waals surface area contributed by atoms with E-state index in [2.05, 4.69) is 32.9 Å². The Morgan fingerprint density at radius 3 is 1.21 bits per heavy atom. The summed E-state index contributed by atoms with van der Waals surface area (Å²) in [7, 11) is 0. The number of hydrogen-bond donors (Lipinski definition) is 10. The van der Waals surface area contributed by atoms with E-state index in [1.165, 1.54) is 11.1 Å². The van der Waals surface area contributed by atoms with Crippen LogP contribution < -0.4 is 0 Å². The largest absolute Gasteiger partial charge is 0.394 e. The Hall–Kier alpha value is -1.26. The van der Waals surface area contributed by atoms with Gasteiger partial charge in [-0.3, -0.25) is 0 Å². The molecule has 12 nitrogen and oxygen atoms in total. The molecule has 0 amide bonds. The molecule has 0 radical (unpaired) electrons. The SMILES string of the molecule is CC(C)=CCCC(C)(O)CCCC(C)(O)CCCC(C)(O)CCCC(C)(O)CCCC(C)(O)CCCC(C)(O)CCC/C(C)=C/CC/C(C)=C/CO[C@@H]1O[C@H](CO)[C@@H](O)[C@H](O)[C@H]1O. The Morgan fingerprint density at radius 2 is 0.825 bits per heavy atom. The maximum Gasteiger partial charge on any atom is 0.187 e. The Bertz CT molecular complexity index is 1340. The fraction of sp³-hybridized carbons (Fsp3) is 0.882. The molecule has 0 aromatic carbocycles. The molecule has 1 aliphatic heterocycles. The second kappa shape index (κ2) is 28.2. The number of aliphatic hydroxyl groups excluding tert-OH is 4. The van der Waals surface area contributed by atoms with E-state index in [4.69, 9.17) is 9.47 Å². The highest BCUT2D eigenvalue weighted by Crippen LogP contribution is 2.32. The Kier molecular flexibility index (Phi) is 26.7. The van der Waals surface area contributed by atoms with E-state index >= 15 is 0 Å². The van der Waals surface area contributed by atoms with Crippen molar-refractivity contribution >= 4 is 0 Å². The summed E-state index contributed by atoms with van der Waals surface area (Å²) in [6.45, 7) is 18.9. The van der Waals surface area contributed by atoms with Gasteiger partial charge in [0.05, 0.1) is 46.8 Å². The molecule has 1 saturated heterocycles. The van der Waals surface area contributed by atoms with Crippen LogP contribution in [0.3, 0.4) is 0 Å². The van der Waals surface area contributed by atoms with Crippen molar-refractivity contribution in [1.29, 1.82) is 0 Å². The van der Waals surface area contributed by atoms with Gasteiger partial charge in [0.15, 0.2) is 6.29 Å². The number of rotatable bonds is 34. The molecule has 1 heterocycles. The normalized spacial score (nSPS) is 25.9. The van der Waals surface area contributed by atoms with Gasteiger partial charge in [-0.1, -0.05) is 34.9 Å². The summed E-state index contributed by atoms with van der Waals surface area (Å²) >= 11 is 0. The van der Waals surface area contributed by atoms with E-state index in [9.17, 15) is 51.1 Å². The lowest BCUT2D eigenvalue weighted by molar-refractivity contribution is -0.298. The van der Waals surface area contributed by atoms with E-state index in [-0.39, 0.29) is 6.61 Å². The lowest BCUT2D eigenvalue weighted by atomic mass is 9.83. The van der Waals surface area contributed by atoms with Crippen molar-refractivity contribution in [3.63, 3.8) is 0 Å². The van der Waals surface area contributed by atoms with Crippen LogP contribution in [0, 0.1) is 0 Å². The number of aliphatic hydroxyl groups is 10. The first kappa shape index (κ1) is 59.8. The van der Waals surface area contributed by atoms with Crippen molar-refractivity contribution in [2.75, 3.05) is 13.2 Å². The summed E-state index contributed by atoms with van der Waals surface area (Å²) in [5.74, 6) is 0. The van der Waals surface area contributed by atoms with Crippen LogP contribution in [-0.4, -0.2) is 129 Å². The molecule has 6 unspecified atom stereocenters. The number of ether oxygens (including phenoxy) is 2. The fourth-order valence-electron chi connectivity index (χ4n) is 8.66. The zero-order chi connectivity index (χ0) is 48.1. The highest BCUT2D eigenvalue weighted by Gasteiger charge is 2.44. The monoisotopic (exact) mass is 901 g/mol. The quantitative estimate of drug-likeness (QED) is 0.0280. The first-order valence-corrected chi connectivity index (χ1v) is 24.2. The minimum Gasteiger partial charge on any atom is -0.394 e. The van der Waals surface area contributed by atoms with Gasteiger partial charge in [-0.2, -0.15) is 0 Å². The number of hydrogen-bond acceptors (Lipinski definition) is 12. The third-order valence-electron chi connectivity index (χ3n) is 13.2. The lowest BCUT2D eigenvalue weighted by Crippen LogP contribution is -2.59. The van der Waals surface area contributed by atoms with Crippen LogP contribution in [0.5, 0.6) is 0 Å². The van der Waals surface area contributed by atoms with Crippen molar-refractivity contribution in [2.45, 2.75) is 275 Å². The van der Waals surface area contributed by atoms with Crippen molar-refractivity contribution in [1.82, 2.24) is 0 Å². The lowest BCUT2D eigenvalue weighted by Gasteiger charge is -2.39. The van der Waals surface area contributed by atoms with Crippen LogP contribution in [0.15, 0.2) is 34.9 Å². The summed E-state index contributed by atoms with van der Waals surface area (Å²) in [6, 6.07) is 0. The Morgan fingerprint density at radius 1 is 0.460 bits per heavy atom. The first-order valence-electron chi connectivity index (χ1n) is 24.2. The molecule has 1 rings (SSSR count). The third-order valence-corrected chi connectivity index (χ3v) is 13.2. The fourth-order valence-corrected chi connectivity index (χ4v) is 8.66. The standard InChI is InChI=1S/C51H96O12/c1-38(2)19-12-24-46(5,56)26-14-28-48(7,58)30-16-32-50(9,60)34-18-35-51(10,61)33-17-31-49(8,59)29-15-27-47(6,57)25-13-22-39(3)20-11-21-40(4)23-36-62-45-44(55)43(54)42(53)41(37-52)63-45/h19-20,23,41-45,52-61H,11-18,21-22,24-37H2,1-10H3/b39-20+,40-23+/t41-,42-,43+,44-,45-,46?,47?,48?,49?,50?,51?/m1/s1. The zero-order valence-corrected chi connectivity index (χ0v) is 41.4. The van der Waals surface area contributed by atoms with Gasteiger partial charge < -0.3 is 60.5 Å². The van der Waals surface area contributed by atoms with Crippen LogP contribution in [0.4, 0.5) is 0 Å². The molecule has 11 atom stereocenters. The first-order chi connectivity index (χ1) is 29.0. The summed E-state index contributed by atoms with van der Waals surface area (Å²) in [5.41, 5.74) is -1.50. The van der Waals surface area contributed by atoms with E-state index < -0.39 is 70.9 Å². The van der Waals surface area contributed by atoms with E-state index in [1.807, 2.05) is 54.5 Å². The summed E-state index contributed by atoms with van der Waals surface area (Å²) < 4.78 is 10.9. The van der Waals surface area contributed by atoms with Crippen LogP contribution in [-0.2, 0) is 9.47 Å². The van der Waals surface area contributed by atoms with Crippen molar-refractivity contribution in [3.05, 3.63) is 34.9 Å². The van der Waals surface area contributed by atoms with E-state index in [1.54, 1.807) is 0 Å². The topological polar surface area (TPSA) is 221 Å². The molecule has 0 spiro atoms. The number of allylic oxidation sites excluding steroid dienone is 5. The van der Waals surface area contributed by atoms with Crippen LogP contribution >= 0.6 is 0 Å². The van der Waals surface area contributed by atoms with E-state index in [0.717, 1.165) is 44.1 Å². The molecule has 10 N–H and O–H groups in total. The van der Waals surface area contributed by atoms with Gasteiger partial charge in [0, 0.05) is 0 Å². The Balaban J connectivity index is 2.29. The molecular weight excluding hydrogens is 805 g/mol. The highest BCUT2D eigenvalue weighted by molar-refractivity contribution is 5.04. The smallest absolute Gasteiger partial charge is 0.187 e. The van der Waals surface area contributed by atoms with Gasteiger partial charge >= 0.3 is 0 Å². The maximum atomic E-state index is 11.1. The van der Waals surface area contributed by atoms with Crippen LogP contribution in [0.2, 0.25) is 0 Å². The second-order valence-electron chi connectivity index (χ2n) is 21.6. The van der Waals surface area contributed by atoms with Crippen molar-refractivity contribution in [2.24, 2.45) is 0 Å². The molecule has 12 heteroatoms. The maximum absolute atomic E-state index is 11.1. The molecule has 0 aromatic rings. The Labute approximate surface area is 382 Å². The average molecular weight is 901 g/mol. The summed E-state index contributed by atoms with van der Waals surface area (Å²) in [4.78, 5) is 0. The minimum atomic E-state index is -1.47. The molecule has 0 bridgehead atoms. The highest BCUT2D eigenvalue weighted by atomic mass is 16.7. The molecule has 0 aliphatic carbocycles. The second-order valence-corrected chi connectivity index (χ2v) is 21.6. The molecule has 372 valence electrons. The van der Waals surface area contributed by atoms with Gasteiger partial charge in [0.2, 0.25) is 0 Å². The molecule has 63 heavy (non-hydrogen) atoms. The molecule has 1 fully saturated rings. The predicted octanol–water partition coefficient (Wildman–Crippen LogP) is 7.75. The third kappa shape index (κ3) is 27.9. The minimum absolute atomic E-state index is 0.150. The van der Waals surface area contributed by atoms with Crippen LogP contribution in [0.25, 0.3) is 0 Å². The molecule has 1 aliphatic rings. The van der Waals surface area contributed by atoms with E-state index in [0.29, 0.717) is 103 Å². The zero-order valence-electron chi connectivity index (χ0n) is 41.4. The van der Waals surface area contributed by atoms with Gasteiger partial charge in [0.25, 0.3) is 0 Å². The molecule has 0 saturated carbocycles.